The Morgan fingerprint density at radius 1 is 1.29 bits per heavy atom. The maximum atomic E-state index is 5.95. The summed E-state index contributed by atoms with van der Waals surface area (Å²) in [7, 11) is 1.96. The molecule has 0 radical (unpaired) electrons. The van der Waals surface area contributed by atoms with Crippen LogP contribution in [0.15, 0.2) is 24.3 Å². The van der Waals surface area contributed by atoms with E-state index in [0.29, 0.717) is 5.88 Å². The fourth-order valence-electron chi connectivity index (χ4n) is 2.76. The predicted molar refractivity (Wildman–Crippen MR) is 86.4 cm³/mol. The summed E-state index contributed by atoms with van der Waals surface area (Å²) in [6, 6.07) is 8.56. The average Bonchev–Trinajstić information content (AvgIpc) is 2.98. The van der Waals surface area contributed by atoms with Crippen LogP contribution in [0.2, 0.25) is 0 Å². The maximum absolute atomic E-state index is 5.95. The molecule has 0 atom stereocenters. The van der Waals surface area contributed by atoms with Crippen LogP contribution in [0.3, 0.4) is 0 Å². The summed E-state index contributed by atoms with van der Waals surface area (Å²) in [5.41, 5.74) is 5.37. The van der Waals surface area contributed by atoms with Crippen molar-refractivity contribution in [3.8, 4) is 5.69 Å². The Kier molecular flexibility index (Phi) is 3.72. The number of halogens is 1. The number of aromatic nitrogens is 4. The standard InChI is InChI=1S/C16H19ClN4/c1-4-12-6-5-7-13(10-12)21-14(8-9-17)18-15-11(2)19-20(3)16(15)21/h5-7,10H,4,8-9H2,1-3H3. The number of aryl methyl sites for hydroxylation is 4. The van der Waals surface area contributed by atoms with Gasteiger partial charge in [-0.05, 0) is 31.0 Å². The highest BCUT2D eigenvalue weighted by molar-refractivity contribution is 6.17. The molecule has 0 saturated heterocycles. The van der Waals surface area contributed by atoms with E-state index in [1.54, 1.807) is 0 Å². The normalized spacial score (nSPS) is 11.4. The Hall–Kier alpha value is -1.81. The van der Waals surface area contributed by atoms with Gasteiger partial charge in [-0.3, -0.25) is 4.57 Å². The van der Waals surface area contributed by atoms with Gasteiger partial charge in [-0.25, -0.2) is 9.67 Å². The van der Waals surface area contributed by atoms with Gasteiger partial charge in [-0.15, -0.1) is 11.6 Å². The molecule has 110 valence electrons. The van der Waals surface area contributed by atoms with Crippen molar-refractivity contribution in [3.63, 3.8) is 0 Å². The van der Waals surface area contributed by atoms with Gasteiger partial charge in [-0.2, -0.15) is 5.10 Å². The van der Waals surface area contributed by atoms with Crippen LogP contribution >= 0.6 is 11.6 Å². The van der Waals surface area contributed by atoms with Crippen molar-refractivity contribution in [1.82, 2.24) is 19.3 Å². The van der Waals surface area contributed by atoms with E-state index in [2.05, 4.69) is 40.9 Å². The minimum absolute atomic E-state index is 0.559. The molecule has 0 saturated carbocycles. The third kappa shape index (κ3) is 2.33. The first-order valence-corrected chi connectivity index (χ1v) is 7.75. The van der Waals surface area contributed by atoms with E-state index < -0.39 is 0 Å². The molecule has 2 aromatic heterocycles. The minimum atomic E-state index is 0.559. The molecule has 0 amide bonds. The van der Waals surface area contributed by atoms with Crippen LogP contribution in [-0.2, 0) is 19.9 Å². The lowest BCUT2D eigenvalue weighted by molar-refractivity contribution is 0.750. The Balaban J connectivity index is 2.29. The van der Waals surface area contributed by atoms with E-state index in [1.165, 1.54) is 5.56 Å². The van der Waals surface area contributed by atoms with E-state index >= 15 is 0 Å². The molecule has 0 aliphatic heterocycles. The van der Waals surface area contributed by atoms with Crippen LogP contribution in [-0.4, -0.2) is 25.2 Å². The SMILES string of the molecule is CCc1cccc(-n2c(CCCl)nc3c(C)nn(C)c32)c1. The molecule has 0 N–H and O–H groups in total. The quantitative estimate of drug-likeness (QED) is 0.692. The summed E-state index contributed by atoms with van der Waals surface area (Å²) in [4.78, 5) is 4.75. The van der Waals surface area contributed by atoms with E-state index in [4.69, 9.17) is 16.6 Å². The van der Waals surface area contributed by atoms with E-state index in [-0.39, 0.29) is 0 Å². The molecule has 3 rings (SSSR count). The minimum Gasteiger partial charge on any atom is -0.281 e. The van der Waals surface area contributed by atoms with Crippen molar-refractivity contribution >= 4 is 22.8 Å². The molecule has 2 heterocycles. The molecular weight excluding hydrogens is 284 g/mol. The number of fused-ring (bicyclic) bond motifs is 1. The van der Waals surface area contributed by atoms with Gasteiger partial charge >= 0.3 is 0 Å². The molecule has 0 aliphatic rings. The van der Waals surface area contributed by atoms with Crippen molar-refractivity contribution in [3.05, 3.63) is 41.3 Å². The lowest BCUT2D eigenvalue weighted by atomic mass is 10.1. The molecule has 3 aromatic rings. The average molecular weight is 303 g/mol. The number of benzene rings is 1. The Morgan fingerprint density at radius 2 is 2.10 bits per heavy atom. The Labute approximate surface area is 129 Å². The van der Waals surface area contributed by atoms with E-state index in [1.807, 2.05) is 18.7 Å². The molecule has 0 unspecified atom stereocenters. The van der Waals surface area contributed by atoms with Crippen LogP contribution in [0.5, 0.6) is 0 Å². The Morgan fingerprint density at radius 3 is 2.81 bits per heavy atom. The van der Waals surface area contributed by atoms with Gasteiger partial charge in [0.05, 0.1) is 5.69 Å². The molecule has 0 aliphatic carbocycles. The van der Waals surface area contributed by atoms with Crippen LogP contribution in [0, 0.1) is 6.92 Å². The maximum Gasteiger partial charge on any atom is 0.163 e. The van der Waals surface area contributed by atoms with Crippen molar-refractivity contribution < 1.29 is 0 Å². The summed E-state index contributed by atoms with van der Waals surface area (Å²) < 4.78 is 4.07. The number of alkyl halides is 1. The van der Waals surface area contributed by atoms with Gasteiger partial charge in [0.1, 0.15) is 11.3 Å². The van der Waals surface area contributed by atoms with Gasteiger partial charge in [0.25, 0.3) is 0 Å². The molecule has 0 bridgehead atoms. The first-order valence-electron chi connectivity index (χ1n) is 7.22. The second kappa shape index (κ2) is 5.53. The van der Waals surface area contributed by atoms with E-state index in [0.717, 1.165) is 41.2 Å². The number of nitrogens with zero attached hydrogens (tertiary/aromatic N) is 4. The first-order chi connectivity index (χ1) is 10.2. The zero-order chi connectivity index (χ0) is 15.0. The van der Waals surface area contributed by atoms with Gasteiger partial charge in [0.15, 0.2) is 5.65 Å². The second-order valence-corrected chi connectivity index (χ2v) is 5.59. The number of imidazole rings is 1. The van der Waals surface area contributed by atoms with Gasteiger partial charge < -0.3 is 0 Å². The summed E-state index contributed by atoms with van der Waals surface area (Å²) >= 11 is 5.95. The number of hydrogen-bond donors (Lipinski definition) is 0. The molecule has 0 fully saturated rings. The van der Waals surface area contributed by atoms with Crippen molar-refractivity contribution in [2.45, 2.75) is 26.7 Å². The highest BCUT2D eigenvalue weighted by atomic mass is 35.5. The lowest BCUT2D eigenvalue weighted by Gasteiger charge is -2.10. The second-order valence-electron chi connectivity index (χ2n) is 5.21. The van der Waals surface area contributed by atoms with Crippen LogP contribution in [0.25, 0.3) is 16.9 Å². The molecule has 4 nitrogen and oxygen atoms in total. The third-order valence-corrected chi connectivity index (χ3v) is 3.96. The molecule has 0 spiro atoms. The molecule has 5 heteroatoms. The lowest BCUT2D eigenvalue weighted by Crippen LogP contribution is -2.06. The fraction of sp³-hybridized carbons (Fsp3) is 0.375. The van der Waals surface area contributed by atoms with Crippen molar-refractivity contribution in [2.75, 3.05) is 5.88 Å². The predicted octanol–water partition coefficient (Wildman–Crippen LogP) is 3.41. The van der Waals surface area contributed by atoms with Gasteiger partial charge in [-0.1, -0.05) is 19.1 Å². The monoisotopic (exact) mass is 302 g/mol. The van der Waals surface area contributed by atoms with Gasteiger partial charge in [0.2, 0.25) is 0 Å². The number of hydrogen-bond acceptors (Lipinski definition) is 2. The topological polar surface area (TPSA) is 35.6 Å². The highest BCUT2D eigenvalue weighted by Gasteiger charge is 2.18. The highest BCUT2D eigenvalue weighted by Crippen LogP contribution is 2.24. The summed E-state index contributed by atoms with van der Waals surface area (Å²) in [6.07, 6.45) is 1.76. The van der Waals surface area contributed by atoms with Crippen LogP contribution in [0.4, 0.5) is 0 Å². The zero-order valence-electron chi connectivity index (χ0n) is 12.6. The summed E-state index contributed by atoms with van der Waals surface area (Å²) in [6.45, 7) is 4.16. The summed E-state index contributed by atoms with van der Waals surface area (Å²) in [5.74, 6) is 1.55. The van der Waals surface area contributed by atoms with Crippen molar-refractivity contribution in [2.24, 2.45) is 7.05 Å². The molecular formula is C16H19ClN4. The van der Waals surface area contributed by atoms with Crippen molar-refractivity contribution in [1.29, 1.82) is 0 Å². The number of rotatable bonds is 4. The Bertz CT molecular complexity index is 785. The largest absolute Gasteiger partial charge is 0.281 e. The summed E-state index contributed by atoms with van der Waals surface area (Å²) in [5, 5.41) is 4.48. The zero-order valence-corrected chi connectivity index (χ0v) is 13.4. The van der Waals surface area contributed by atoms with Gasteiger partial charge in [0, 0.05) is 25.0 Å². The van der Waals surface area contributed by atoms with Crippen LogP contribution < -0.4 is 0 Å². The smallest absolute Gasteiger partial charge is 0.163 e. The first kappa shape index (κ1) is 14.1. The fourth-order valence-corrected chi connectivity index (χ4v) is 2.93. The third-order valence-electron chi connectivity index (χ3n) is 3.77. The molecule has 21 heavy (non-hydrogen) atoms. The van der Waals surface area contributed by atoms with E-state index in [9.17, 15) is 0 Å². The molecule has 1 aromatic carbocycles. The van der Waals surface area contributed by atoms with Crippen LogP contribution in [0.1, 0.15) is 24.0 Å².